The van der Waals surface area contributed by atoms with Gasteiger partial charge < -0.3 is 9.47 Å². The van der Waals surface area contributed by atoms with Gasteiger partial charge in [-0.1, -0.05) is 36.8 Å². The first-order valence-corrected chi connectivity index (χ1v) is 7.64. The van der Waals surface area contributed by atoms with Crippen LogP contribution in [0.3, 0.4) is 0 Å². The van der Waals surface area contributed by atoms with Crippen LogP contribution in [0.1, 0.15) is 44.1 Å². The van der Waals surface area contributed by atoms with Crippen LogP contribution in [-0.4, -0.2) is 18.7 Å². The highest BCUT2D eigenvalue weighted by Crippen LogP contribution is 2.48. The van der Waals surface area contributed by atoms with E-state index < -0.39 is 0 Å². The van der Waals surface area contributed by atoms with Crippen molar-refractivity contribution in [3.8, 4) is 0 Å². The molecule has 0 aromatic heterocycles. The third-order valence-electron chi connectivity index (χ3n) is 4.66. The number of benzene rings is 1. The highest BCUT2D eigenvalue weighted by molar-refractivity contribution is 5.78. The fourth-order valence-corrected chi connectivity index (χ4v) is 3.26. The van der Waals surface area contributed by atoms with E-state index in [1.807, 2.05) is 30.3 Å². The second-order valence-corrected chi connectivity index (χ2v) is 5.93. The van der Waals surface area contributed by atoms with E-state index in [9.17, 15) is 4.79 Å². The van der Waals surface area contributed by atoms with Gasteiger partial charge in [-0.25, -0.2) is 0 Å². The molecule has 2 aliphatic rings. The van der Waals surface area contributed by atoms with E-state index in [1.54, 1.807) is 0 Å². The van der Waals surface area contributed by atoms with E-state index in [2.05, 4.69) is 0 Å². The first kappa shape index (κ1) is 13.6. The second kappa shape index (κ2) is 5.96. The molecular formula is C17H22O3. The van der Waals surface area contributed by atoms with Crippen LogP contribution in [-0.2, 0) is 20.9 Å². The zero-order chi connectivity index (χ0) is 13.8. The SMILES string of the molecule is O=C(OCc1ccccc1)C1([C@@H]2CCCCO2)CCC1. The molecule has 0 amide bonds. The minimum atomic E-state index is -0.352. The van der Waals surface area contributed by atoms with Crippen LogP contribution >= 0.6 is 0 Å². The maximum atomic E-state index is 12.5. The number of carbonyl (C=O) groups excluding carboxylic acids is 1. The molecule has 1 aliphatic carbocycles. The summed E-state index contributed by atoms with van der Waals surface area (Å²) >= 11 is 0. The molecule has 3 heteroatoms. The summed E-state index contributed by atoms with van der Waals surface area (Å²) in [6, 6.07) is 9.86. The first-order valence-electron chi connectivity index (χ1n) is 7.64. The summed E-state index contributed by atoms with van der Waals surface area (Å²) in [6.07, 6.45) is 6.31. The Balaban J connectivity index is 1.62. The van der Waals surface area contributed by atoms with Crippen LogP contribution in [0, 0.1) is 5.41 Å². The predicted octanol–water partition coefficient (Wildman–Crippen LogP) is 3.47. The van der Waals surface area contributed by atoms with Crippen molar-refractivity contribution in [3.63, 3.8) is 0 Å². The first-order chi connectivity index (χ1) is 9.81. The van der Waals surface area contributed by atoms with Crippen molar-refractivity contribution >= 4 is 5.97 Å². The van der Waals surface area contributed by atoms with Gasteiger partial charge in [-0.15, -0.1) is 0 Å². The van der Waals surface area contributed by atoms with E-state index in [0.29, 0.717) is 6.61 Å². The Morgan fingerprint density at radius 2 is 2.00 bits per heavy atom. The Bertz CT molecular complexity index is 445. The summed E-state index contributed by atoms with van der Waals surface area (Å²) in [6.45, 7) is 1.16. The average molecular weight is 274 g/mol. The molecule has 0 unspecified atom stereocenters. The van der Waals surface area contributed by atoms with Gasteiger partial charge in [0.15, 0.2) is 0 Å². The minimum Gasteiger partial charge on any atom is -0.460 e. The summed E-state index contributed by atoms with van der Waals surface area (Å²) < 4.78 is 11.4. The molecule has 1 aromatic carbocycles. The normalized spacial score (nSPS) is 24.7. The Kier molecular flexibility index (Phi) is 4.06. The Hall–Kier alpha value is -1.35. The Labute approximate surface area is 120 Å². The lowest BCUT2D eigenvalue weighted by Gasteiger charge is -2.46. The molecule has 3 nitrogen and oxygen atoms in total. The lowest BCUT2D eigenvalue weighted by molar-refractivity contribution is -0.182. The molecule has 0 N–H and O–H groups in total. The third kappa shape index (κ3) is 2.59. The number of ether oxygens (including phenoxy) is 2. The standard InChI is InChI=1S/C17H22O3/c18-16(20-13-14-7-2-1-3-8-14)17(10-6-11-17)15-9-4-5-12-19-15/h1-3,7-8,15H,4-6,9-13H2/t15-/m0/s1. The maximum absolute atomic E-state index is 12.5. The van der Waals surface area contributed by atoms with Crippen LogP contribution in [0.15, 0.2) is 30.3 Å². The molecule has 3 rings (SSSR count). The van der Waals surface area contributed by atoms with Crippen LogP contribution in [0.25, 0.3) is 0 Å². The van der Waals surface area contributed by atoms with Gasteiger partial charge in [0.1, 0.15) is 6.61 Å². The number of hydrogen-bond acceptors (Lipinski definition) is 3. The van der Waals surface area contributed by atoms with Gasteiger partial charge in [0.2, 0.25) is 0 Å². The van der Waals surface area contributed by atoms with Crippen molar-refractivity contribution in [2.45, 2.75) is 51.2 Å². The van der Waals surface area contributed by atoms with Crippen molar-refractivity contribution in [3.05, 3.63) is 35.9 Å². The monoisotopic (exact) mass is 274 g/mol. The highest BCUT2D eigenvalue weighted by atomic mass is 16.5. The van der Waals surface area contributed by atoms with E-state index in [1.165, 1.54) is 6.42 Å². The zero-order valence-electron chi connectivity index (χ0n) is 11.8. The molecule has 108 valence electrons. The van der Waals surface area contributed by atoms with Gasteiger partial charge in [0, 0.05) is 6.61 Å². The molecule has 0 spiro atoms. The van der Waals surface area contributed by atoms with Crippen LogP contribution in [0.5, 0.6) is 0 Å². The van der Waals surface area contributed by atoms with Gasteiger partial charge in [-0.2, -0.15) is 0 Å². The molecule has 2 fully saturated rings. The lowest BCUT2D eigenvalue weighted by Crippen LogP contribution is -2.50. The van der Waals surface area contributed by atoms with Crippen LogP contribution in [0.4, 0.5) is 0 Å². The van der Waals surface area contributed by atoms with Gasteiger partial charge in [-0.3, -0.25) is 4.79 Å². The maximum Gasteiger partial charge on any atom is 0.315 e. The molecule has 1 saturated carbocycles. The Morgan fingerprint density at radius 3 is 2.60 bits per heavy atom. The molecule has 1 aliphatic heterocycles. The smallest absolute Gasteiger partial charge is 0.315 e. The largest absolute Gasteiger partial charge is 0.460 e. The number of esters is 1. The summed E-state index contributed by atoms with van der Waals surface area (Å²) in [5.41, 5.74) is 0.690. The van der Waals surface area contributed by atoms with Crippen molar-refractivity contribution < 1.29 is 14.3 Å². The Morgan fingerprint density at radius 1 is 1.20 bits per heavy atom. The fourth-order valence-electron chi connectivity index (χ4n) is 3.26. The molecule has 1 atom stereocenters. The quantitative estimate of drug-likeness (QED) is 0.789. The van der Waals surface area contributed by atoms with E-state index in [-0.39, 0.29) is 17.5 Å². The van der Waals surface area contributed by atoms with Gasteiger partial charge >= 0.3 is 5.97 Å². The van der Waals surface area contributed by atoms with Gasteiger partial charge in [0.25, 0.3) is 0 Å². The summed E-state index contributed by atoms with van der Waals surface area (Å²) in [5, 5.41) is 0. The molecule has 1 aromatic rings. The second-order valence-electron chi connectivity index (χ2n) is 5.93. The van der Waals surface area contributed by atoms with E-state index >= 15 is 0 Å². The van der Waals surface area contributed by atoms with Crippen molar-refractivity contribution in [2.75, 3.05) is 6.61 Å². The van der Waals surface area contributed by atoms with Gasteiger partial charge in [0.05, 0.1) is 11.5 Å². The van der Waals surface area contributed by atoms with Crippen molar-refractivity contribution in [2.24, 2.45) is 5.41 Å². The summed E-state index contributed by atoms with van der Waals surface area (Å²) in [5.74, 6) is -0.0560. The number of carbonyl (C=O) groups is 1. The lowest BCUT2D eigenvalue weighted by atomic mass is 9.63. The number of hydrogen-bond donors (Lipinski definition) is 0. The van der Waals surface area contributed by atoms with Crippen molar-refractivity contribution in [1.82, 2.24) is 0 Å². The molecule has 0 bridgehead atoms. The minimum absolute atomic E-state index is 0.0560. The van der Waals surface area contributed by atoms with Crippen LogP contribution < -0.4 is 0 Å². The molecule has 1 saturated heterocycles. The third-order valence-corrected chi connectivity index (χ3v) is 4.66. The van der Waals surface area contributed by atoms with E-state index in [0.717, 1.165) is 44.3 Å². The molecule has 0 radical (unpaired) electrons. The summed E-state index contributed by atoms with van der Waals surface area (Å²) in [7, 11) is 0. The van der Waals surface area contributed by atoms with Crippen molar-refractivity contribution in [1.29, 1.82) is 0 Å². The zero-order valence-corrected chi connectivity index (χ0v) is 11.8. The molecule has 20 heavy (non-hydrogen) atoms. The summed E-state index contributed by atoms with van der Waals surface area (Å²) in [4.78, 5) is 12.5. The van der Waals surface area contributed by atoms with E-state index in [4.69, 9.17) is 9.47 Å². The topological polar surface area (TPSA) is 35.5 Å². The molecular weight excluding hydrogens is 252 g/mol. The predicted molar refractivity (Wildman–Crippen MR) is 76.1 cm³/mol. The highest BCUT2D eigenvalue weighted by Gasteiger charge is 2.52. The fraction of sp³-hybridized carbons (Fsp3) is 0.588. The van der Waals surface area contributed by atoms with Crippen LogP contribution in [0.2, 0.25) is 0 Å². The average Bonchev–Trinajstić information content (AvgIpc) is 2.46. The number of rotatable bonds is 4. The molecule has 1 heterocycles. The van der Waals surface area contributed by atoms with Gasteiger partial charge in [-0.05, 0) is 37.7 Å².